The topological polar surface area (TPSA) is 200 Å². The van der Waals surface area contributed by atoms with Crippen molar-refractivity contribution < 1.29 is 54.2 Å². The highest BCUT2D eigenvalue weighted by atomic mass is 35.5. The molecular weight excluding hydrogens is 645 g/mol. The number of halogens is 2. The summed E-state index contributed by atoms with van der Waals surface area (Å²) < 4.78 is 9.81. The van der Waals surface area contributed by atoms with Gasteiger partial charge in [0, 0.05) is 29.7 Å². The first-order valence-corrected chi connectivity index (χ1v) is 14.5. The molecule has 0 amide bonds. The molecule has 3 aromatic carbocycles. The Morgan fingerprint density at radius 3 is 1.57 bits per heavy atom. The maximum Gasteiger partial charge on any atom is 0.348 e. The fourth-order valence-electron chi connectivity index (χ4n) is 5.12. The number of carbonyl (C=O) groups excluding carboxylic acids is 2. The van der Waals surface area contributed by atoms with E-state index in [2.05, 4.69) is 5.32 Å². The molecule has 14 heteroatoms. The van der Waals surface area contributed by atoms with E-state index in [1.165, 1.54) is 44.0 Å². The van der Waals surface area contributed by atoms with Crippen molar-refractivity contribution in [3.63, 3.8) is 0 Å². The lowest BCUT2D eigenvalue weighted by Gasteiger charge is -2.34. The molecule has 3 atom stereocenters. The number of Topliss-reactive ketones (excluding diaryl/α,β-unsaturated/α-hetero) is 2. The number of hydrogen-bond acceptors (Lipinski definition) is 10. The molecule has 1 heterocycles. The molecule has 246 valence electrons. The summed E-state index contributed by atoms with van der Waals surface area (Å²) in [5.41, 5.74) is -7.83. The zero-order valence-corrected chi connectivity index (χ0v) is 26.3. The molecule has 1 unspecified atom stereocenters. The molecule has 1 aliphatic rings. The van der Waals surface area contributed by atoms with Crippen LogP contribution in [0.15, 0.2) is 66.7 Å². The minimum absolute atomic E-state index is 0.0168. The number of benzene rings is 3. The van der Waals surface area contributed by atoms with Crippen LogP contribution in [0.5, 0.6) is 11.5 Å². The number of nitrogens with one attached hydrogen (secondary N) is 1. The average molecular weight is 679 g/mol. The van der Waals surface area contributed by atoms with Gasteiger partial charge in [0.1, 0.15) is 11.5 Å². The van der Waals surface area contributed by atoms with Crippen LogP contribution in [0.3, 0.4) is 0 Å². The van der Waals surface area contributed by atoms with E-state index in [4.69, 9.17) is 32.7 Å². The van der Waals surface area contributed by atoms with Crippen molar-refractivity contribution in [2.75, 3.05) is 33.9 Å². The van der Waals surface area contributed by atoms with Gasteiger partial charge in [-0.15, -0.1) is 0 Å². The highest BCUT2D eigenvalue weighted by molar-refractivity contribution is 6.42. The third-order valence-electron chi connectivity index (χ3n) is 7.87. The van der Waals surface area contributed by atoms with Crippen LogP contribution in [0.4, 0.5) is 0 Å². The van der Waals surface area contributed by atoms with E-state index < -0.39 is 45.8 Å². The van der Waals surface area contributed by atoms with Gasteiger partial charge in [-0.3, -0.25) is 9.59 Å². The maximum absolute atomic E-state index is 12.8. The number of hydrogen-bond donors (Lipinski definition) is 6. The van der Waals surface area contributed by atoms with Crippen LogP contribution in [0.25, 0.3) is 0 Å². The number of methoxy groups -OCH3 is 2. The van der Waals surface area contributed by atoms with E-state index in [0.717, 1.165) is 50.2 Å². The van der Waals surface area contributed by atoms with Crippen molar-refractivity contribution in [2.24, 2.45) is 0 Å². The summed E-state index contributed by atoms with van der Waals surface area (Å²) in [6, 6.07) is 15.0. The minimum Gasteiger partial charge on any atom is -0.497 e. The maximum atomic E-state index is 12.8. The summed E-state index contributed by atoms with van der Waals surface area (Å²) in [6.45, 7) is 2.08. The highest BCUT2D eigenvalue weighted by Crippen LogP contribution is 2.37. The van der Waals surface area contributed by atoms with Crippen molar-refractivity contribution in [1.29, 1.82) is 0 Å². The van der Waals surface area contributed by atoms with E-state index in [-0.39, 0.29) is 23.5 Å². The van der Waals surface area contributed by atoms with Crippen LogP contribution in [0.1, 0.15) is 39.1 Å². The summed E-state index contributed by atoms with van der Waals surface area (Å²) in [5, 5.41) is 54.2. The van der Waals surface area contributed by atoms with Gasteiger partial charge in [-0.05, 0) is 85.6 Å². The zero-order valence-electron chi connectivity index (χ0n) is 24.8. The van der Waals surface area contributed by atoms with Crippen molar-refractivity contribution in [3.05, 3.63) is 93.5 Å². The summed E-state index contributed by atoms with van der Waals surface area (Å²) in [5.74, 6) is -7.68. The predicted octanol–water partition coefficient (Wildman–Crippen LogP) is 3.01. The van der Waals surface area contributed by atoms with Crippen LogP contribution in [-0.2, 0) is 15.0 Å². The molecule has 6 N–H and O–H groups in total. The molecule has 0 radical (unpaired) electrons. The molecule has 12 nitrogen and oxygen atoms in total. The second kappa shape index (κ2) is 15.0. The van der Waals surface area contributed by atoms with Gasteiger partial charge < -0.3 is 40.3 Å². The molecule has 0 spiro atoms. The summed E-state index contributed by atoms with van der Waals surface area (Å²) in [4.78, 5) is 49.4. The molecule has 0 saturated carbocycles. The first kappa shape index (κ1) is 36.4. The van der Waals surface area contributed by atoms with Gasteiger partial charge in [0.15, 0.2) is 0 Å². The fourth-order valence-corrected chi connectivity index (χ4v) is 5.42. The minimum atomic E-state index is -4.04. The Kier molecular flexibility index (Phi) is 11.9. The lowest BCUT2D eigenvalue weighted by molar-refractivity contribution is -0.187. The van der Waals surface area contributed by atoms with Crippen molar-refractivity contribution in [3.8, 4) is 11.5 Å². The van der Waals surface area contributed by atoms with Crippen LogP contribution < -0.4 is 14.8 Å². The Bertz CT molecular complexity index is 1490. The Morgan fingerprint density at radius 2 is 1.24 bits per heavy atom. The second-order valence-corrected chi connectivity index (χ2v) is 11.3. The van der Waals surface area contributed by atoms with E-state index in [1.807, 2.05) is 18.2 Å². The number of aliphatic carboxylic acids is 2. The normalized spacial score (nSPS) is 18.2. The van der Waals surface area contributed by atoms with Crippen molar-refractivity contribution in [1.82, 2.24) is 5.32 Å². The molecule has 46 heavy (non-hydrogen) atoms. The molecule has 0 aliphatic carbocycles. The number of ketones is 2. The number of carboxylic acids is 2. The summed E-state index contributed by atoms with van der Waals surface area (Å²) in [7, 11) is 2.67. The zero-order chi connectivity index (χ0) is 34.3. The van der Waals surface area contributed by atoms with E-state index in [1.54, 1.807) is 0 Å². The van der Waals surface area contributed by atoms with Crippen LogP contribution in [0, 0.1) is 0 Å². The van der Waals surface area contributed by atoms with E-state index in [0.29, 0.717) is 10.0 Å². The monoisotopic (exact) mass is 677 g/mol. The van der Waals surface area contributed by atoms with Crippen LogP contribution in [-0.4, -0.2) is 94.2 Å². The lowest BCUT2D eigenvalue weighted by Crippen LogP contribution is -2.71. The van der Waals surface area contributed by atoms with Crippen molar-refractivity contribution >= 4 is 46.7 Å². The molecule has 1 saturated heterocycles. The lowest BCUT2D eigenvalue weighted by atomic mass is 9.73. The number of ether oxygens (including phenoxy) is 2. The molecule has 3 aromatic rings. The SMILES string of the molecule is COc1ccc(C(=O)[C@@](O)(C(=O)O)[C@](O)(C(=O)O)C(=O)c2ccc(OC)cc2)cc1.OCCC1(c2ccc(Cl)c(Cl)c2)CCNC1. The van der Waals surface area contributed by atoms with E-state index >= 15 is 0 Å². The number of aliphatic hydroxyl groups excluding tert-OH is 1. The van der Waals surface area contributed by atoms with Crippen LogP contribution >= 0.6 is 23.2 Å². The second-order valence-electron chi connectivity index (χ2n) is 10.5. The molecular formula is C32H33Cl2NO11. The Morgan fingerprint density at radius 1 is 0.783 bits per heavy atom. The third kappa shape index (κ3) is 7.02. The number of carboxylic acid groups (broad SMARTS) is 2. The average Bonchev–Trinajstić information content (AvgIpc) is 3.54. The van der Waals surface area contributed by atoms with Crippen LogP contribution in [0.2, 0.25) is 10.0 Å². The number of aliphatic hydroxyl groups is 3. The highest BCUT2D eigenvalue weighted by Gasteiger charge is 2.69. The molecule has 1 fully saturated rings. The number of carbonyl (C=O) groups is 4. The predicted molar refractivity (Wildman–Crippen MR) is 167 cm³/mol. The van der Waals surface area contributed by atoms with Gasteiger partial charge in [-0.25, -0.2) is 9.59 Å². The first-order valence-electron chi connectivity index (χ1n) is 13.8. The van der Waals surface area contributed by atoms with Gasteiger partial charge in [0.05, 0.1) is 24.3 Å². The third-order valence-corrected chi connectivity index (χ3v) is 8.61. The van der Waals surface area contributed by atoms with Gasteiger partial charge >= 0.3 is 11.9 Å². The summed E-state index contributed by atoms with van der Waals surface area (Å²) in [6.07, 6.45) is 1.80. The fraction of sp³-hybridized carbons (Fsp3) is 0.312. The van der Waals surface area contributed by atoms with Gasteiger partial charge in [0.2, 0.25) is 11.6 Å². The number of rotatable bonds is 12. The van der Waals surface area contributed by atoms with Crippen molar-refractivity contribution in [2.45, 2.75) is 29.5 Å². The molecule has 0 bridgehead atoms. The van der Waals surface area contributed by atoms with E-state index in [9.17, 15) is 44.7 Å². The molecule has 0 aromatic heterocycles. The van der Waals surface area contributed by atoms with Gasteiger partial charge in [-0.2, -0.15) is 0 Å². The quantitative estimate of drug-likeness (QED) is 0.121. The Labute approximate surface area is 274 Å². The Hall–Kier alpha value is -4.04. The molecule has 4 rings (SSSR count). The standard InChI is InChI=1S/C20H18O10.C12H15Cl2NO/c1-29-13-7-3-11(4-8-13)15(21)19(27,17(23)24)20(28,18(25)26)16(22)12-5-9-14(30-2)10-6-12;13-10-2-1-9(7-11(10)14)12(4-6-16)3-5-15-8-12/h3-10,27-28H,1-2H3,(H,23,24)(H,25,26);1-2,7,15-16H,3-6,8H2/t19-,20-;/m1./s1. The largest absolute Gasteiger partial charge is 0.497 e. The van der Waals surface area contributed by atoms with Gasteiger partial charge in [0.25, 0.3) is 11.2 Å². The Balaban J connectivity index is 0.000000300. The first-order chi connectivity index (χ1) is 21.7. The summed E-state index contributed by atoms with van der Waals surface area (Å²) >= 11 is 12.0. The smallest absolute Gasteiger partial charge is 0.348 e. The van der Waals surface area contributed by atoms with Gasteiger partial charge in [-0.1, -0.05) is 29.3 Å². The molecule has 1 aliphatic heterocycles.